The quantitative estimate of drug-likeness (QED) is 0.796. The second-order valence-electron chi connectivity index (χ2n) is 5.63. The van der Waals surface area contributed by atoms with E-state index in [-0.39, 0.29) is 18.2 Å². The molecule has 1 saturated heterocycles. The van der Waals surface area contributed by atoms with E-state index in [1.54, 1.807) is 4.90 Å². The summed E-state index contributed by atoms with van der Waals surface area (Å²) >= 11 is 0. The maximum absolute atomic E-state index is 11.9. The first kappa shape index (κ1) is 14.3. The van der Waals surface area contributed by atoms with Gasteiger partial charge in [0, 0.05) is 12.6 Å². The van der Waals surface area contributed by atoms with Crippen LogP contribution in [-0.4, -0.2) is 48.4 Å². The summed E-state index contributed by atoms with van der Waals surface area (Å²) in [5.74, 6) is 0. The first-order chi connectivity index (χ1) is 7.78. The molecule has 5 nitrogen and oxygen atoms in total. The number of amides is 1. The molecule has 0 radical (unpaired) electrons. The van der Waals surface area contributed by atoms with Crippen LogP contribution in [0.3, 0.4) is 0 Å². The van der Waals surface area contributed by atoms with E-state index in [0.717, 1.165) is 6.42 Å². The lowest BCUT2D eigenvalue weighted by Crippen LogP contribution is -2.48. The van der Waals surface area contributed by atoms with Gasteiger partial charge in [-0.05, 0) is 34.1 Å². The number of hydrogen-bond acceptors (Lipinski definition) is 4. The third kappa shape index (κ3) is 5.37. The Morgan fingerprint density at radius 2 is 2.24 bits per heavy atom. The summed E-state index contributed by atoms with van der Waals surface area (Å²) < 4.78 is 10.9. The van der Waals surface area contributed by atoms with E-state index in [2.05, 4.69) is 0 Å². The van der Waals surface area contributed by atoms with E-state index in [0.29, 0.717) is 19.7 Å². The molecule has 0 spiro atoms. The molecule has 0 aromatic rings. The van der Waals surface area contributed by atoms with Crippen molar-refractivity contribution in [3.05, 3.63) is 0 Å². The van der Waals surface area contributed by atoms with Crippen LogP contribution in [0.4, 0.5) is 4.79 Å². The zero-order valence-electron chi connectivity index (χ0n) is 11.2. The lowest BCUT2D eigenvalue weighted by atomic mass is 10.1. The van der Waals surface area contributed by atoms with Crippen molar-refractivity contribution in [3.63, 3.8) is 0 Å². The Labute approximate surface area is 103 Å². The fraction of sp³-hybridized carbons (Fsp3) is 0.917. The number of rotatable bonds is 2. The molecule has 0 saturated carbocycles. The summed E-state index contributed by atoms with van der Waals surface area (Å²) in [6.45, 7) is 9.24. The van der Waals surface area contributed by atoms with Crippen LogP contribution in [0, 0.1) is 0 Å². The predicted molar refractivity (Wildman–Crippen MR) is 65.8 cm³/mol. The average Bonchev–Trinajstić information content (AvgIpc) is 2.14. The van der Waals surface area contributed by atoms with Gasteiger partial charge in [0.1, 0.15) is 5.60 Å². The lowest BCUT2D eigenvalue weighted by molar-refractivity contribution is -0.0459. The van der Waals surface area contributed by atoms with Gasteiger partial charge in [0.25, 0.3) is 0 Å². The van der Waals surface area contributed by atoms with Crippen LogP contribution in [0.1, 0.15) is 34.1 Å². The summed E-state index contributed by atoms with van der Waals surface area (Å²) in [4.78, 5) is 13.6. The molecule has 2 N–H and O–H groups in total. The molecule has 0 aliphatic carbocycles. The van der Waals surface area contributed by atoms with Crippen LogP contribution in [-0.2, 0) is 9.47 Å². The first-order valence-electron chi connectivity index (χ1n) is 6.13. The molecule has 1 aliphatic heterocycles. The van der Waals surface area contributed by atoms with Crippen LogP contribution in [0.2, 0.25) is 0 Å². The molecule has 0 aromatic heterocycles. The fourth-order valence-corrected chi connectivity index (χ4v) is 1.77. The van der Waals surface area contributed by atoms with Crippen molar-refractivity contribution < 1.29 is 14.3 Å². The Morgan fingerprint density at radius 3 is 2.76 bits per heavy atom. The Kier molecular flexibility index (Phi) is 4.77. The molecule has 5 heteroatoms. The summed E-state index contributed by atoms with van der Waals surface area (Å²) in [7, 11) is 0. The van der Waals surface area contributed by atoms with Gasteiger partial charge in [-0.3, -0.25) is 0 Å². The molecule has 0 bridgehead atoms. The predicted octanol–water partition coefficient (Wildman–Crippen LogP) is 1.36. The molecular formula is C12H24N2O3. The van der Waals surface area contributed by atoms with Gasteiger partial charge >= 0.3 is 6.09 Å². The van der Waals surface area contributed by atoms with E-state index in [9.17, 15) is 4.79 Å². The molecule has 1 aliphatic rings. The maximum atomic E-state index is 11.9. The molecule has 100 valence electrons. The van der Waals surface area contributed by atoms with Crippen molar-refractivity contribution in [1.82, 2.24) is 4.90 Å². The van der Waals surface area contributed by atoms with Gasteiger partial charge in [0.05, 0.1) is 19.3 Å². The van der Waals surface area contributed by atoms with E-state index in [4.69, 9.17) is 15.2 Å². The molecule has 17 heavy (non-hydrogen) atoms. The number of nitrogens with two attached hydrogens (primary N) is 1. The second-order valence-corrected chi connectivity index (χ2v) is 5.63. The van der Waals surface area contributed by atoms with Crippen LogP contribution < -0.4 is 5.73 Å². The SMILES string of the molecule is C[C@@H](N)CC1CN(C(=O)OC(C)(C)C)CCO1. The summed E-state index contributed by atoms with van der Waals surface area (Å²) in [6.07, 6.45) is 0.519. The van der Waals surface area contributed by atoms with Crippen LogP contribution in [0.15, 0.2) is 0 Å². The number of nitrogens with zero attached hydrogens (tertiary/aromatic N) is 1. The standard InChI is InChI=1S/C12H24N2O3/c1-9(13)7-10-8-14(5-6-16-10)11(15)17-12(2,3)4/h9-10H,5-8,13H2,1-4H3/t9-,10?/m1/s1. The van der Waals surface area contributed by atoms with Crippen LogP contribution in [0.5, 0.6) is 0 Å². The second kappa shape index (κ2) is 5.69. The van der Waals surface area contributed by atoms with E-state index in [1.165, 1.54) is 0 Å². The Morgan fingerprint density at radius 1 is 1.59 bits per heavy atom. The molecular weight excluding hydrogens is 220 g/mol. The minimum atomic E-state index is -0.452. The van der Waals surface area contributed by atoms with Crippen molar-refractivity contribution >= 4 is 6.09 Å². The van der Waals surface area contributed by atoms with Gasteiger partial charge < -0.3 is 20.1 Å². The van der Waals surface area contributed by atoms with Gasteiger partial charge in [-0.2, -0.15) is 0 Å². The molecule has 1 amide bonds. The summed E-state index contributed by atoms with van der Waals surface area (Å²) in [5.41, 5.74) is 5.28. The smallest absolute Gasteiger partial charge is 0.410 e. The topological polar surface area (TPSA) is 64.8 Å². The fourth-order valence-electron chi connectivity index (χ4n) is 1.77. The van der Waals surface area contributed by atoms with Gasteiger partial charge in [-0.1, -0.05) is 0 Å². The van der Waals surface area contributed by atoms with Crippen molar-refractivity contribution in [2.45, 2.75) is 51.9 Å². The van der Waals surface area contributed by atoms with E-state index >= 15 is 0 Å². The highest BCUT2D eigenvalue weighted by atomic mass is 16.6. The van der Waals surface area contributed by atoms with Gasteiger partial charge in [-0.15, -0.1) is 0 Å². The van der Waals surface area contributed by atoms with Crippen molar-refractivity contribution in [3.8, 4) is 0 Å². The summed E-state index contributed by atoms with van der Waals surface area (Å²) in [5, 5.41) is 0. The molecule has 1 rings (SSSR count). The third-order valence-electron chi connectivity index (χ3n) is 2.43. The minimum Gasteiger partial charge on any atom is -0.444 e. The van der Waals surface area contributed by atoms with E-state index in [1.807, 2.05) is 27.7 Å². The highest BCUT2D eigenvalue weighted by molar-refractivity contribution is 5.68. The Bertz CT molecular complexity index is 261. The molecule has 1 fully saturated rings. The van der Waals surface area contributed by atoms with Gasteiger partial charge in [0.15, 0.2) is 0 Å². The minimum absolute atomic E-state index is 0.0243. The van der Waals surface area contributed by atoms with Crippen molar-refractivity contribution in [2.75, 3.05) is 19.7 Å². The first-order valence-corrected chi connectivity index (χ1v) is 6.13. The third-order valence-corrected chi connectivity index (χ3v) is 2.43. The normalized spacial score (nSPS) is 23.4. The molecule has 1 heterocycles. The zero-order valence-corrected chi connectivity index (χ0v) is 11.2. The van der Waals surface area contributed by atoms with Crippen molar-refractivity contribution in [2.24, 2.45) is 5.73 Å². The number of hydrogen-bond donors (Lipinski definition) is 1. The largest absolute Gasteiger partial charge is 0.444 e. The zero-order chi connectivity index (χ0) is 13.1. The average molecular weight is 244 g/mol. The monoisotopic (exact) mass is 244 g/mol. The van der Waals surface area contributed by atoms with Crippen LogP contribution in [0.25, 0.3) is 0 Å². The number of ether oxygens (including phenoxy) is 2. The lowest BCUT2D eigenvalue weighted by Gasteiger charge is -2.34. The Hall–Kier alpha value is -0.810. The van der Waals surface area contributed by atoms with Gasteiger partial charge in [0.2, 0.25) is 0 Å². The van der Waals surface area contributed by atoms with Crippen LogP contribution >= 0.6 is 0 Å². The van der Waals surface area contributed by atoms with Crippen molar-refractivity contribution in [1.29, 1.82) is 0 Å². The highest BCUT2D eigenvalue weighted by Gasteiger charge is 2.28. The van der Waals surface area contributed by atoms with E-state index < -0.39 is 5.60 Å². The molecule has 2 atom stereocenters. The summed E-state index contributed by atoms with van der Waals surface area (Å²) in [6, 6.07) is 0.0820. The molecule has 0 aromatic carbocycles. The number of carbonyl (C=O) groups is 1. The number of morpholine rings is 1. The number of carbonyl (C=O) groups excluding carboxylic acids is 1. The van der Waals surface area contributed by atoms with Gasteiger partial charge in [-0.25, -0.2) is 4.79 Å². The maximum Gasteiger partial charge on any atom is 0.410 e. The highest BCUT2D eigenvalue weighted by Crippen LogP contribution is 2.14. The molecule has 1 unspecified atom stereocenters. The Balaban J connectivity index is 2.46.